The highest BCUT2D eigenvalue weighted by Crippen LogP contribution is 2.19. The van der Waals surface area contributed by atoms with E-state index in [2.05, 4.69) is 10.2 Å². The van der Waals surface area contributed by atoms with Gasteiger partial charge >= 0.3 is 6.03 Å². The highest BCUT2D eigenvalue weighted by Gasteiger charge is 2.25. The SMILES string of the molecule is O=C(CN1CCN(C(=O)Nc2ccccc2COc2ccccc2)CC1)N1CCCCC1. The van der Waals surface area contributed by atoms with Gasteiger partial charge in [-0.25, -0.2) is 4.79 Å². The number of anilines is 1. The predicted octanol–water partition coefficient (Wildman–Crippen LogP) is 3.43. The second kappa shape index (κ2) is 11.0. The fourth-order valence-electron chi connectivity index (χ4n) is 4.18. The van der Waals surface area contributed by atoms with Crippen molar-refractivity contribution in [1.82, 2.24) is 14.7 Å². The zero-order chi connectivity index (χ0) is 22.2. The van der Waals surface area contributed by atoms with E-state index in [4.69, 9.17) is 4.74 Å². The average Bonchev–Trinajstić information content (AvgIpc) is 2.85. The molecule has 170 valence electrons. The van der Waals surface area contributed by atoms with Crippen molar-refractivity contribution < 1.29 is 14.3 Å². The van der Waals surface area contributed by atoms with E-state index in [1.807, 2.05) is 64.4 Å². The van der Waals surface area contributed by atoms with Crippen molar-refractivity contribution in [2.75, 3.05) is 51.1 Å². The summed E-state index contributed by atoms with van der Waals surface area (Å²) in [5.74, 6) is 1.01. The molecule has 7 heteroatoms. The number of benzene rings is 2. The van der Waals surface area contributed by atoms with Crippen LogP contribution >= 0.6 is 0 Å². The fourth-order valence-corrected chi connectivity index (χ4v) is 4.18. The third-order valence-electron chi connectivity index (χ3n) is 6.12. The molecule has 2 fully saturated rings. The van der Waals surface area contributed by atoms with Crippen LogP contribution in [0.25, 0.3) is 0 Å². The zero-order valence-corrected chi connectivity index (χ0v) is 18.5. The normalized spacial score (nSPS) is 17.1. The number of nitrogens with one attached hydrogen (secondary N) is 1. The summed E-state index contributed by atoms with van der Waals surface area (Å²) in [4.78, 5) is 31.3. The second-order valence-electron chi connectivity index (χ2n) is 8.39. The summed E-state index contributed by atoms with van der Waals surface area (Å²) in [6.45, 7) is 5.26. The van der Waals surface area contributed by atoms with E-state index >= 15 is 0 Å². The number of amides is 3. The first-order chi connectivity index (χ1) is 15.7. The summed E-state index contributed by atoms with van der Waals surface area (Å²) in [5, 5.41) is 3.04. The second-order valence-corrected chi connectivity index (χ2v) is 8.39. The third-order valence-corrected chi connectivity index (χ3v) is 6.12. The van der Waals surface area contributed by atoms with Crippen LogP contribution in [0.4, 0.5) is 10.5 Å². The molecule has 32 heavy (non-hydrogen) atoms. The van der Waals surface area contributed by atoms with Crippen molar-refractivity contribution in [1.29, 1.82) is 0 Å². The molecule has 2 aliphatic heterocycles. The molecule has 0 atom stereocenters. The molecule has 0 bridgehead atoms. The lowest BCUT2D eigenvalue weighted by atomic mass is 10.1. The van der Waals surface area contributed by atoms with Gasteiger partial charge in [-0.15, -0.1) is 0 Å². The Morgan fingerprint density at radius 3 is 2.22 bits per heavy atom. The molecule has 2 saturated heterocycles. The molecule has 0 radical (unpaired) electrons. The highest BCUT2D eigenvalue weighted by atomic mass is 16.5. The molecular weight excluding hydrogens is 404 g/mol. The number of ether oxygens (including phenoxy) is 1. The van der Waals surface area contributed by atoms with Gasteiger partial charge in [-0.05, 0) is 37.5 Å². The van der Waals surface area contributed by atoms with E-state index in [1.54, 1.807) is 0 Å². The van der Waals surface area contributed by atoms with Crippen LogP contribution in [-0.2, 0) is 11.4 Å². The summed E-state index contributed by atoms with van der Waals surface area (Å²) >= 11 is 0. The molecule has 0 aliphatic carbocycles. The first-order valence-electron chi connectivity index (χ1n) is 11.5. The number of carbonyl (C=O) groups excluding carboxylic acids is 2. The predicted molar refractivity (Wildman–Crippen MR) is 125 cm³/mol. The summed E-state index contributed by atoms with van der Waals surface area (Å²) in [6.07, 6.45) is 3.44. The van der Waals surface area contributed by atoms with Crippen LogP contribution in [0.15, 0.2) is 54.6 Å². The van der Waals surface area contributed by atoms with Gasteiger partial charge in [0.15, 0.2) is 0 Å². The molecule has 7 nitrogen and oxygen atoms in total. The molecule has 2 aromatic carbocycles. The van der Waals surface area contributed by atoms with Gasteiger partial charge < -0.3 is 19.9 Å². The smallest absolute Gasteiger partial charge is 0.321 e. The van der Waals surface area contributed by atoms with Gasteiger partial charge in [0.1, 0.15) is 12.4 Å². The number of piperazine rings is 1. The number of hydrogen-bond acceptors (Lipinski definition) is 4. The summed E-state index contributed by atoms with van der Waals surface area (Å²) in [7, 11) is 0. The number of urea groups is 1. The first-order valence-corrected chi connectivity index (χ1v) is 11.5. The van der Waals surface area contributed by atoms with Crippen LogP contribution in [0.1, 0.15) is 24.8 Å². The first kappa shape index (κ1) is 22.1. The molecule has 1 N–H and O–H groups in total. The van der Waals surface area contributed by atoms with E-state index in [0.717, 1.165) is 42.9 Å². The maximum atomic E-state index is 12.9. The minimum atomic E-state index is -0.112. The van der Waals surface area contributed by atoms with Crippen molar-refractivity contribution in [3.8, 4) is 5.75 Å². The quantitative estimate of drug-likeness (QED) is 0.754. The lowest BCUT2D eigenvalue weighted by molar-refractivity contribution is -0.133. The van der Waals surface area contributed by atoms with Crippen LogP contribution in [0.2, 0.25) is 0 Å². The fraction of sp³-hybridized carbons (Fsp3) is 0.440. The van der Waals surface area contributed by atoms with E-state index < -0.39 is 0 Å². The Morgan fingerprint density at radius 1 is 0.781 bits per heavy atom. The van der Waals surface area contributed by atoms with E-state index in [9.17, 15) is 9.59 Å². The van der Waals surface area contributed by atoms with E-state index in [1.165, 1.54) is 6.42 Å². The number of carbonyl (C=O) groups is 2. The number of likely N-dealkylation sites (tertiary alicyclic amines) is 1. The minimum Gasteiger partial charge on any atom is -0.489 e. The van der Waals surface area contributed by atoms with Crippen LogP contribution in [0.3, 0.4) is 0 Å². The van der Waals surface area contributed by atoms with Gasteiger partial charge in [-0.1, -0.05) is 36.4 Å². The van der Waals surface area contributed by atoms with Gasteiger partial charge in [-0.2, -0.15) is 0 Å². The Balaban J connectivity index is 1.25. The van der Waals surface area contributed by atoms with Crippen LogP contribution in [0.5, 0.6) is 5.75 Å². The van der Waals surface area contributed by atoms with Gasteiger partial charge in [0, 0.05) is 50.5 Å². The van der Waals surface area contributed by atoms with Crippen molar-refractivity contribution in [3.63, 3.8) is 0 Å². The largest absolute Gasteiger partial charge is 0.489 e. The Kier molecular flexibility index (Phi) is 7.61. The topological polar surface area (TPSA) is 65.1 Å². The standard InChI is InChI=1S/C25H32N4O3/c30-24(28-13-7-2-8-14-28)19-27-15-17-29(18-16-27)25(31)26-23-12-6-5-9-21(23)20-32-22-10-3-1-4-11-22/h1,3-6,9-12H,2,7-8,13-20H2,(H,26,31). The van der Waals surface area contributed by atoms with Crippen LogP contribution in [0, 0.1) is 0 Å². The van der Waals surface area contributed by atoms with Crippen LogP contribution < -0.4 is 10.1 Å². The summed E-state index contributed by atoms with van der Waals surface area (Å²) in [5.41, 5.74) is 1.69. The Morgan fingerprint density at radius 2 is 1.47 bits per heavy atom. The molecule has 0 unspecified atom stereocenters. The van der Waals surface area contributed by atoms with Crippen molar-refractivity contribution in [2.45, 2.75) is 25.9 Å². The molecule has 2 heterocycles. The van der Waals surface area contributed by atoms with E-state index in [-0.39, 0.29) is 11.9 Å². The molecule has 0 saturated carbocycles. The van der Waals surface area contributed by atoms with Gasteiger partial charge in [0.25, 0.3) is 0 Å². The minimum absolute atomic E-state index is 0.112. The molecule has 0 spiro atoms. The van der Waals surface area contributed by atoms with Crippen molar-refractivity contribution >= 4 is 17.6 Å². The third kappa shape index (κ3) is 6.01. The van der Waals surface area contributed by atoms with Gasteiger partial charge in [0.2, 0.25) is 5.91 Å². The maximum Gasteiger partial charge on any atom is 0.321 e. The van der Waals surface area contributed by atoms with Crippen LogP contribution in [-0.4, -0.2) is 72.5 Å². The van der Waals surface area contributed by atoms with Crippen molar-refractivity contribution in [3.05, 3.63) is 60.2 Å². The van der Waals surface area contributed by atoms with Gasteiger partial charge in [-0.3, -0.25) is 9.69 Å². The average molecular weight is 437 g/mol. The molecule has 2 aliphatic rings. The maximum absolute atomic E-state index is 12.9. The highest BCUT2D eigenvalue weighted by molar-refractivity contribution is 5.90. The van der Waals surface area contributed by atoms with E-state index in [0.29, 0.717) is 39.3 Å². The zero-order valence-electron chi connectivity index (χ0n) is 18.5. The Bertz CT molecular complexity index is 891. The van der Waals surface area contributed by atoms with Gasteiger partial charge in [0.05, 0.1) is 6.54 Å². The van der Waals surface area contributed by atoms with Crippen molar-refractivity contribution in [2.24, 2.45) is 0 Å². The lowest BCUT2D eigenvalue weighted by Crippen LogP contribution is -2.52. The number of para-hydroxylation sites is 2. The molecule has 4 rings (SSSR count). The monoisotopic (exact) mass is 436 g/mol. The molecule has 0 aromatic heterocycles. The summed E-state index contributed by atoms with van der Waals surface area (Å²) < 4.78 is 5.85. The Hall–Kier alpha value is -3.06. The number of nitrogens with zero attached hydrogens (tertiary/aromatic N) is 3. The number of rotatable bonds is 6. The Labute approximate surface area is 189 Å². The molecule has 3 amide bonds. The number of piperidine rings is 1. The lowest BCUT2D eigenvalue weighted by Gasteiger charge is -2.36. The molecular formula is C25H32N4O3. The number of hydrogen-bond donors (Lipinski definition) is 1. The summed E-state index contributed by atoms with van der Waals surface area (Å²) in [6, 6.07) is 17.2. The molecule has 2 aromatic rings.